The first-order chi connectivity index (χ1) is 12.8. The van der Waals surface area contributed by atoms with E-state index in [1.54, 1.807) is 18.9 Å². The van der Waals surface area contributed by atoms with Crippen LogP contribution in [0.1, 0.15) is 38.7 Å². The maximum atomic E-state index is 12.8. The van der Waals surface area contributed by atoms with E-state index in [0.29, 0.717) is 13.0 Å². The van der Waals surface area contributed by atoms with Crippen molar-refractivity contribution in [3.63, 3.8) is 0 Å². The number of ketones is 1. The summed E-state index contributed by atoms with van der Waals surface area (Å²) < 4.78 is 5.60. The highest BCUT2D eigenvalue weighted by Crippen LogP contribution is 2.28. The predicted octanol–water partition coefficient (Wildman–Crippen LogP) is 2.55. The van der Waals surface area contributed by atoms with Gasteiger partial charge in [0.05, 0.1) is 18.1 Å². The molecule has 148 valence electrons. The Morgan fingerprint density at radius 1 is 1.26 bits per heavy atom. The number of amides is 1. The van der Waals surface area contributed by atoms with Gasteiger partial charge in [-0.1, -0.05) is 37.3 Å². The molecule has 1 fully saturated rings. The molecular weight excluding hydrogens is 346 g/mol. The molecule has 2 rings (SSSR count). The van der Waals surface area contributed by atoms with Crippen LogP contribution in [-0.2, 0) is 25.5 Å². The Hall–Kier alpha value is -2.21. The molecule has 6 heteroatoms. The molecule has 0 aromatic heterocycles. The Morgan fingerprint density at radius 3 is 2.48 bits per heavy atom. The average Bonchev–Trinajstić information content (AvgIpc) is 3.12. The summed E-state index contributed by atoms with van der Waals surface area (Å²) in [6.45, 7) is 3.97. The van der Waals surface area contributed by atoms with Crippen LogP contribution >= 0.6 is 0 Å². The highest BCUT2D eigenvalue weighted by molar-refractivity contribution is 5.86. The topological polar surface area (TPSA) is 83.9 Å². The molecule has 0 radical (unpaired) electrons. The van der Waals surface area contributed by atoms with Gasteiger partial charge in [-0.05, 0) is 24.8 Å². The zero-order valence-electron chi connectivity index (χ0n) is 16.3. The molecule has 0 spiro atoms. The molecule has 1 aromatic rings. The number of benzene rings is 1. The third-order valence-corrected chi connectivity index (χ3v) is 5.48. The number of aliphatic carboxylic acids is 1. The molecule has 1 amide bonds. The van der Waals surface area contributed by atoms with Gasteiger partial charge in [0.25, 0.3) is 0 Å². The van der Waals surface area contributed by atoms with Crippen molar-refractivity contribution >= 4 is 17.7 Å². The molecular formula is C21H29NO5. The molecule has 6 nitrogen and oxygen atoms in total. The minimum absolute atomic E-state index is 0.0216. The number of carbonyl (C=O) groups is 3. The Morgan fingerprint density at radius 2 is 1.93 bits per heavy atom. The third-order valence-electron chi connectivity index (χ3n) is 5.48. The highest BCUT2D eigenvalue weighted by atomic mass is 16.5. The molecule has 27 heavy (non-hydrogen) atoms. The Kier molecular flexibility index (Phi) is 7.54. The number of carboxylic acids is 1. The quantitative estimate of drug-likeness (QED) is 0.717. The molecule has 0 saturated carbocycles. The van der Waals surface area contributed by atoms with Crippen molar-refractivity contribution in [2.75, 3.05) is 13.7 Å². The van der Waals surface area contributed by atoms with Gasteiger partial charge >= 0.3 is 5.97 Å². The first kappa shape index (κ1) is 21.1. The van der Waals surface area contributed by atoms with Gasteiger partial charge in [0, 0.05) is 32.9 Å². The van der Waals surface area contributed by atoms with E-state index >= 15 is 0 Å². The molecule has 1 aliphatic rings. The van der Waals surface area contributed by atoms with Gasteiger partial charge in [-0.2, -0.15) is 0 Å². The number of rotatable bonds is 9. The monoisotopic (exact) mass is 375 g/mol. The fraction of sp³-hybridized carbons (Fsp3) is 0.571. The molecule has 0 unspecified atom stereocenters. The van der Waals surface area contributed by atoms with Crippen LogP contribution in [-0.4, -0.2) is 53.5 Å². The molecule has 1 aromatic carbocycles. The summed E-state index contributed by atoms with van der Waals surface area (Å²) in [7, 11) is 1.55. The molecule has 1 N–H and O–H groups in total. The number of methoxy groups -OCH3 is 1. The van der Waals surface area contributed by atoms with Gasteiger partial charge in [0.15, 0.2) is 0 Å². The van der Waals surface area contributed by atoms with Crippen molar-refractivity contribution in [1.29, 1.82) is 0 Å². The Balaban J connectivity index is 2.06. The van der Waals surface area contributed by atoms with Gasteiger partial charge in [-0.15, -0.1) is 0 Å². The number of ether oxygens (including phenoxy) is 1. The predicted molar refractivity (Wildman–Crippen MR) is 101 cm³/mol. The van der Waals surface area contributed by atoms with Crippen molar-refractivity contribution in [3.8, 4) is 0 Å². The van der Waals surface area contributed by atoms with Gasteiger partial charge in [-0.25, -0.2) is 0 Å². The summed E-state index contributed by atoms with van der Waals surface area (Å²) in [5, 5.41) is 9.55. The van der Waals surface area contributed by atoms with Crippen molar-refractivity contribution in [2.24, 2.45) is 11.8 Å². The molecule has 0 aliphatic carbocycles. The van der Waals surface area contributed by atoms with Gasteiger partial charge in [-0.3, -0.25) is 14.4 Å². The van der Waals surface area contributed by atoms with Crippen LogP contribution < -0.4 is 0 Å². The van der Waals surface area contributed by atoms with Crippen LogP contribution in [0.3, 0.4) is 0 Å². The van der Waals surface area contributed by atoms with Crippen LogP contribution in [0.25, 0.3) is 0 Å². The molecule has 1 aliphatic heterocycles. The lowest BCUT2D eigenvalue weighted by molar-refractivity contribution is -0.145. The fourth-order valence-electron chi connectivity index (χ4n) is 3.98. The lowest BCUT2D eigenvalue weighted by Gasteiger charge is -2.33. The van der Waals surface area contributed by atoms with Crippen molar-refractivity contribution < 1.29 is 24.2 Å². The van der Waals surface area contributed by atoms with Crippen LogP contribution in [0.15, 0.2) is 30.3 Å². The molecule has 0 bridgehead atoms. The van der Waals surface area contributed by atoms with E-state index in [1.807, 2.05) is 30.3 Å². The van der Waals surface area contributed by atoms with E-state index in [4.69, 9.17) is 4.74 Å². The van der Waals surface area contributed by atoms with Crippen LogP contribution in [0.2, 0.25) is 0 Å². The SMILES string of the molecule is CO[C@H]([C@@H](C)C(=O)C[C@@H](Cc1ccccc1)C(=O)O)[C@@H]1CCCN1C(C)=O. The number of hydrogen-bond donors (Lipinski definition) is 1. The lowest BCUT2D eigenvalue weighted by Crippen LogP contribution is -2.47. The maximum Gasteiger partial charge on any atom is 0.307 e. The van der Waals surface area contributed by atoms with E-state index in [9.17, 15) is 19.5 Å². The Bertz CT molecular complexity index is 660. The number of Topliss-reactive ketones (excluding diaryl/α,β-unsaturated/α-hetero) is 1. The van der Waals surface area contributed by atoms with E-state index in [2.05, 4.69) is 0 Å². The van der Waals surface area contributed by atoms with Gasteiger partial charge in [0.1, 0.15) is 5.78 Å². The number of likely N-dealkylation sites (tertiary alicyclic amines) is 1. The third kappa shape index (κ3) is 5.39. The second kappa shape index (κ2) is 9.65. The largest absolute Gasteiger partial charge is 0.481 e. The van der Waals surface area contributed by atoms with E-state index in [1.165, 1.54) is 6.92 Å². The normalized spacial score (nSPS) is 20.1. The summed E-state index contributed by atoms with van der Waals surface area (Å²) in [6.07, 6.45) is 1.53. The minimum Gasteiger partial charge on any atom is -0.481 e. The highest BCUT2D eigenvalue weighted by Gasteiger charge is 2.39. The second-order valence-corrected chi connectivity index (χ2v) is 7.31. The number of hydrogen-bond acceptors (Lipinski definition) is 4. The maximum absolute atomic E-state index is 12.8. The Labute approximate surface area is 160 Å². The summed E-state index contributed by atoms with van der Waals surface area (Å²) in [4.78, 5) is 38.1. The molecule has 4 atom stereocenters. The van der Waals surface area contributed by atoms with Crippen LogP contribution in [0.4, 0.5) is 0 Å². The number of nitrogens with zero attached hydrogens (tertiary/aromatic N) is 1. The minimum atomic E-state index is -0.973. The van der Waals surface area contributed by atoms with Crippen molar-refractivity contribution in [3.05, 3.63) is 35.9 Å². The van der Waals surface area contributed by atoms with Crippen molar-refractivity contribution in [1.82, 2.24) is 4.90 Å². The number of carboxylic acid groups (broad SMARTS) is 1. The number of carbonyl (C=O) groups excluding carboxylic acids is 2. The summed E-state index contributed by atoms with van der Waals surface area (Å²) in [5.41, 5.74) is 0.896. The zero-order valence-corrected chi connectivity index (χ0v) is 16.3. The molecule has 1 heterocycles. The second-order valence-electron chi connectivity index (χ2n) is 7.31. The zero-order chi connectivity index (χ0) is 20.0. The van der Waals surface area contributed by atoms with Crippen molar-refractivity contribution in [2.45, 2.75) is 51.7 Å². The van der Waals surface area contributed by atoms with E-state index in [0.717, 1.165) is 18.4 Å². The van der Waals surface area contributed by atoms with Gasteiger partial charge in [0.2, 0.25) is 5.91 Å². The molecule has 1 saturated heterocycles. The van der Waals surface area contributed by atoms with E-state index in [-0.39, 0.29) is 24.2 Å². The fourth-order valence-corrected chi connectivity index (χ4v) is 3.98. The summed E-state index contributed by atoms with van der Waals surface area (Å²) >= 11 is 0. The summed E-state index contributed by atoms with van der Waals surface area (Å²) in [6, 6.07) is 9.18. The van der Waals surface area contributed by atoms with E-state index < -0.39 is 23.9 Å². The first-order valence-electron chi connectivity index (χ1n) is 9.44. The lowest BCUT2D eigenvalue weighted by atomic mass is 9.85. The van der Waals surface area contributed by atoms with Gasteiger partial charge < -0.3 is 14.7 Å². The summed E-state index contributed by atoms with van der Waals surface area (Å²) in [5.74, 6) is -2.38. The average molecular weight is 375 g/mol. The van der Waals surface area contributed by atoms with Crippen LogP contribution in [0, 0.1) is 11.8 Å². The smallest absolute Gasteiger partial charge is 0.307 e. The standard InChI is InChI=1S/C21H29NO5/c1-14(20(27-3)18-10-7-11-22(18)15(2)23)19(24)13-17(21(25)26)12-16-8-5-4-6-9-16/h4-6,8-9,14,17-18,20H,7,10-13H2,1-3H3,(H,25,26)/t14-,17+,18-,20+/m0/s1. The van der Waals surface area contributed by atoms with Crippen LogP contribution in [0.5, 0.6) is 0 Å². The first-order valence-corrected chi connectivity index (χ1v) is 9.44.